The lowest BCUT2D eigenvalue weighted by molar-refractivity contribution is 0.561. The van der Waals surface area contributed by atoms with Crippen LogP contribution in [0.2, 0.25) is 0 Å². The van der Waals surface area contributed by atoms with Crippen molar-refractivity contribution in [1.29, 1.82) is 0 Å². The molecule has 2 heterocycles. The molecule has 17 heavy (non-hydrogen) atoms. The van der Waals surface area contributed by atoms with E-state index in [-0.39, 0.29) is 0 Å². The predicted molar refractivity (Wildman–Crippen MR) is 69.4 cm³/mol. The average Bonchev–Trinajstić information content (AvgIpc) is 2.92. The standard InChI is InChI=1S/C12H11N3OS/c1-7-14-9-4-3-8(5-10(9)16-7)12-15-11(13-2)6-17-12/h3-6,13H,1-2H3. The quantitative estimate of drug-likeness (QED) is 0.752. The van der Waals surface area contributed by atoms with E-state index >= 15 is 0 Å². The molecule has 0 aliphatic carbocycles. The van der Waals surface area contributed by atoms with Crippen LogP contribution in [0.1, 0.15) is 5.89 Å². The normalized spacial score (nSPS) is 10.9. The van der Waals surface area contributed by atoms with E-state index in [1.807, 2.05) is 37.6 Å². The highest BCUT2D eigenvalue weighted by molar-refractivity contribution is 7.13. The Morgan fingerprint density at radius 2 is 2.18 bits per heavy atom. The number of hydrogen-bond donors (Lipinski definition) is 1. The first kappa shape index (κ1) is 10.3. The lowest BCUT2D eigenvalue weighted by Gasteiger charge is -1.95. The number of benzene rings is 1. The van der Waals surface area contributed by atoms with Gasteiger partial charge >= 0.3 is 0 Å². The fourth-order valence-corrected chi connectivity index (χ4v) is 2.50. The van der Waals surface area contributed by atoms with Crippen LogP contribution in [0.15, 0.2) is 28.0 Å². The summed E-state index contributed by atoms with van der Waals surface area (Å²) < 4.78 is 5.51. The Balaban J connectivity index is 2.10. The highest BCUT2D eigenvalue weighted by Crippen LogP contribution is 2.28. The van der Waals surface area contributed by atoms with Crippen molar-refractivity contribution >= 4 is 28.3 Å². The zero-order valence-corrected chi connectivity index (χ0v) is 10.3. The van der Waals surface area contributed by atoms with Crippen molar-refractivity contribution in [3.05, 3.63) is 29.5 Å². The van der Waals surface area contributed by atoms with Gasteiger partial charge in [-0.1, -0.05) is 0 Å². The second-order valence-electron chi connectivity index (χ2n) is 3.70. The summed E-state index contributed by atoms with van der Waals surface area (Å²) >= 11 is 1.61. The monoisotopic (exact) mass is 245 g/mol. The zero-order chi connectivity index (χ0) is 11.8. The van der Waals surface area contributed by atoms with Gasteiger partial charge < -0.3 is 9.73 Å². The Morgan fingerprint density at radius 1 is 1.29 bits per heavy atom. The first-order chi connectivity index (χ1) is 8.26. The molecule has 4 nitrogen and oxygen atoms in total. The topological polar surface area (TPSA) is 51.0 Å². The predicted octanol–water partition coefficient (Wildman–Crippen LogP) is 3.30. The van der Waals surface area contributed by atoms with Crippen molar-refractivity contribution in [3.8, 4) is 10.6 Å². The van der Waals surface area contributed by atoms with Crippen LogP contribution >= 0.6 is 11.3 Å². The van der Waals surface area contributed by atoms with Crippen LogP contribution in [0.3, 0.4) is 0 Å². The third-order valence-corrected chi connectivity index (χ3v) is 3.39. The third-order valence-electron chi connectivity index (χ3n) is 2.50. The zero-order valence-electron chi connectivity index (χ0n) is 9.52. The minimum atomic E-state index is 0.687. The number of rotatable bonds is 2. The van der Waals surface area contributed by atoms with Crippen LogP contribution in [-0.4, -0.2) is 17.0 Å². The van der Waals surface area contributed by atoms with E-state index in [1.165, 1.54) is 0 Å². The molecule has 0 fully saturated rings. The molecule has 0 aliphatic rings. The molecule has 3 rings (SSSR count). The Kier molecular flexibility index (Phi) is 2.33. The lowest BCUT2D eigenvalue weighted by atomic mass is 10.2. The van der Waals surface area contributed by atoms with Gasteiger partial charge in [-0.15, -0.1) is 11.3 Å². The summed E-state index contributed by atoms with van der Waals surface area (Å²) in [7, 11) is 1.86. The van der Waals surface area contributed by atoms with Crippen molar-refractivity contribution < 1.29 is 4.42 Å². The van der Waals surface area contributed by atoms with E-state index < -0.39 is 0 Å². The third kappa shape index (κ3) is 1.78. The number of thiazole rings is 1. The molecule has 86 valence electrons. The molecule has 0 bridgehead atoms. The second-order valence-corrected chi connectivity index (χ2v) is 4.56. The molecule has 0 radical (unpaired) electrons. The van der Waals surface area contributed by atoms with E-state index in [1.54, 1.807) is 11.3 Å². The van der Waals surface area contributed by atoms with Gasteiger partial charge in [-0.3, -0.25) is 0 Å². The van der Waals surface area contributed by atoms with Crippen molar-refractivity contribution in [2.24, 2.45) is 0 Å². The molecule has 0 spiro atoms. The van der Waals surface area contributed by atoms with Crippen LogP contribution in [0, 0.1) is 6.92 Å². The van der Waals surface area contributed by atoms with Crippen molar-refractivity contribution in [2.75, 3.05) is 12.4 Å². The summed E-state index contributed by atoms with van der Waals surface area (Å²) in [5.41, 5.74) is 2.75. The van der Waals surface area contributed by atoms with Gasteiger partial charge in [0.25, 0.3) is 0 Å². The van der Waals surface area contributed by atoms with E-state index in [9.17, 15) is 0 Å². The molecule has 0 saturated heterocycles. The van der Waals surface area contributed by atoms with Crippen molar-refractivity contribution in [1.82, 2.24) is 9.97 Å². The van der Waals surface area contributed by atoms with Crippen LogP contribution in [0.4, 0.5) is 5.82 Å². The number of anilines is 1. The lowest BCUT2D eigenvalue weighted by Crippen LogP contribution is -1.86. The smallest absolute Gasteiger partial charge is 0.192 e. The Labute approximate surface area is 102 Å². The maximum Gasteiger partial charge on any atom is 0.192 e. The van der Waals surface area contributed by atoms with Crippen LogP contribution in [0.5, 0.6) is 0 Å². The van der Waals surface area contributed by atoms with Crippen molar-refractivity contribution in [3.63, 3.8) is 0 Å². The summed E-state index contributed by atoms with van der Waals surface area (Å²) in [6, 6.07) is 5.96. The summed E-state index contributed by atoms with van der Waals surface area (Å²) in [6.07, 6.45) is 0. The Hall–Kier alpha value is -1.88. The van der Waals surface area contributed by atoms with Gasteiger partial charge in [0.15, 0.2) is 11.5 Å². The first-order valence-electron chi connectivity index (χ1n) is 5.27. The van der Waals surface area contributed by atoms with Gasteiger partial charge in [-0.25, -0.2) is 9.97 Å². The molecule has 0 saturated carbocycles. The van der Waals surface area contributed by atoms with Crippen LogP contribution < -0.4 is 5.32 Å². The van der Waals surface area contributed by atoms with Crippen LogP contribution in [0.25, 0.3) is 21.7 Å². The molecule has 0 unspecified atom stereocenters. The number of hydrogen-bond acceptors (Lipinski definition) is 5. The maximum atomic E-state index is 5.51. The van der Waals surface area contributed by atoms with E-state index in [2.05, 4.69) is 15.3 Å². The largest absolute Gasteiger partial charge is 0.441 e. The maximum absolute atomic E-state index is 5.51. The summed E-state index contributed by atoms with van der Waals surface area (Å²) in [4.78, 5) is 8.73. The van der Waals surface area contributed by atoms with Gasteiger partial charge in [-0.2, -0.15) is 0 Å². The summed E-state index contributed by atoms with van der Waals surface area (Å²) in [6.45, 7) is 1.85. The second kappa shape index (κ2) is 3.85. The van der Waals surface area contributed by atoms with E-state index in [0.717, 1.165) is 27.5 Å². The molecule has 5 heteroatoms. The fraction of sp³-hybridized carbons (Fsp3) is 0.167. The number of oxazole rings is 1. The molecule has 1 N–H and O–H groups in total. The van der Waals surface area contributed by atoms with Gasteiger partial charge in [0.1, 0.15) is 16.3 Å². The molecule has 0 aliphatic heterocycles. The minimum Gasteiger partial charge on any atom is -0.441 e. The number of nitrogens with one attached hydrogen (secondary N) is 1. The van der Waals surface area contributed by atoms with E-state index in [0.29, 0.717) is 5.89 Å². The summed E-state index contributed by atoms with van der Waals surface area (Å²) in [5.74, 6) is 1.58. The average molecular weight is 245 g/mol. The van der Waals surface area contributed by atoms with E-state index in [4.69, 9.17) is 4.42 Å². The molecular weight excluding hydrogens is 234 g/mol. The SMILES string of the molecule is CNc1csc(-c2ccc3nc(C)oc3c2)n1. The number of aryl methyl sites for hydroxylation is 1. The molecule has 0 atom stereocenters. The van der Waals surface area contributed by atoms with Crippen molar-refractivity contribution in [2.45, 2.75) is 6.92 Å². The van der Waals surface area contributed by atoms with Gasteiger partial charge in [0, 0.05) is 24.9 Å². The Bertz CT molecular complexity index is 671. The summed E-state index contributed by atoms with van der Waals surface area (Å²) in [5, 5.41) is 5.99. The molecule has 3 aromatic rings. The van der Waals surface area contributed by atoms with Gasteiger partial charge in [0.05, 0.1) is 0 Å². The molecular formula is C12H11N3OS. The minimum absolute atomic E-state index is 0.687. The van der Waals surface area contributed by atoms with Crippen LogP contribution in [-0.2, 0) is 0 Å². The fourth-order valence-electron chi connectivity index (χ4n) is 1.69. The molecule has 0 amide bonds. The highest BCUT2D eigenvalue weighted by Gasteiger charge is 2.07. The molecule has 1 aromatic carbocycles. The Morgan fingerprint density at radius 3 is 2.94 bits per heavy atom. The van der Waals surface area contributed by atoms with Gasteiger partial charge in [0.2, 0.25) is 0 Å². The van der Waals surface area contributed by atoms with Gasteiger partial charge in [-0.05, 0) is 18.2 Å². The highest BCUT2D eigenvalue weighted by atomic mass is 32.1. The number of aromatic nitrogens is 2. The number of fused-ring (bicyclic) bond motifs is 1. The molecule has 2 aromatic heterocycles. The first-order valence-corrected chi connectivity index (χ1v) is 6.15. The number of nitrogens with zero attached hydrogens (tertiary/aromatic N) is 2.